The van der Waals surface area contributed by atoms with Gasteiger partial charge in [0.05, 0.1) is 10.3 Å². The Morgan fingerprint density at radius 3 is 2.73 bits per heavy atom. The van der Waals surface area contributed by atoms with Gasteiger partial charge in [0.25, 0.3) is 0 Å². The van der Waals surface area contributed by atoms with Gasteiger partial charge in [-0.1, -0.05) is 6.07 Å². The summed E-state index contributed by atoms with van der Waals surface area (Å²) in [6.07, 6.45) is 0. The van der Waals surface area contributed by atoms with Crippen LogP contribution in [-0.4, -0.2) is 0 Å². The van der Waals surface area contributed by atoms with Crippen molar-refractivity contribution in [2.75, 3.05) is 0 Å². The number of benzene rings is 1. The van der Waals surface area contributed by atoms with Crippen molar-refractivity contribution in [2.24, 2.45) is 4.40 Å². The van der Waals surface area contributed by atoms with Gasteiger partial charge in [-0.2, -0.15) is 10.5 Å². The molecule has 0 saturated carbocycles. The Morgan fingerprint density at radius 1 is 1.33 bits per heavy atom. The number of fused-ring (bicyclic) bond motifs is 1. The summed E-state index contributed by atoms with van der Waals surface area (Å²) in [5.74, 6) is 0. The highest BCUT2D eigenvalue weighted by atomic mass is 33.1. The van der Waals surface area contributed by atoms with Gasteiger partial charge in [-0.05, 0) is 29.3 Å². The van der Waals surface area contributed by atoms with Crippen LogP contribution in [0.3, 0.4) is 0 Å². The second-order valence-electron chi connectivity index (χ2n) is 2.93. The summed E-state index contributed by atoms with van der Waals surface area (Å²) < 4.78 is 4.22. The van der Waals surface area contributed by atoms with Crippen LogP contribution in [0, 0.1) is 29.6 Å². The number of nitrogens with zero attached hydrogens (tertiary/aromatic N) is 3. The molecular formula is C10H5N3S2. The molecule has 0 aromatic heterocycles. The van der Waals surface area contributed by atoms with Crippen molar-refractivity contribution in [2.45, 2.75) is 11.8 Å². The Kier molecular flexibility index (Phi) is 2.68. The fourth-order valence-corrected chi connectivity index (χ4v) is 3.41. The Morgan fingerprint density at radius 2 is 2.07 bits per heavy atom. The first-order valence-corrected chi connectivity index (χ1v) is 6.24. The van der Waals surface area contributed by atoms with E-state index in [4.69, 9.17) is 10.5 Å². The molecule has 0 bridgehead atoms. The summed E-state index contributed by atoms with van der Waals surface area (Å²) in [6, 6.07) is 7.45. The molecule has 0 amide bonds. The lowest BCUT2D eigenvalue weighted by Gasteiger charge is -1.98. The van der Waals surface area contributed by atoms with Gasteiger partial charge in [-0.15, -0.1) is 0 Å². The Balaban J connectivity index is 2.87. The summed E-state index contributed by atoms with van der Waals surface area (Å²) in [7, 11) is 2.98. The Labute approximate surface area is 94.7 Å². The van der Waals surface area contributed by atoms with E-state index in [1.807, 2.05) is 25.1 Å². The van der Waals surface area contributed by atoms with Gasteiger partial charge in [0, 0.05) is 16.2 Å². The molecule has 1 aromatic carbocycles. The van der Waals surface area contributed by atoms with Gasteiger partial charge in [-0.25, -0.2) is 4.40 Å². The van der Waals surface area contributed by atoms with Crippen LogP contribution in [0.15, 0.2) is 21.4 Å². The molecule has 0 radical (unpaired) electrons. The zero-order chi connectivity index (χ0) is 10.8. The molecule has 0 spiro atoms. The lowest BCUT2D eigenvalue weighted by Crippen LogP contribution is -2.16. The highest BCUT2D eigenvalue weighted by Gasteiger charge is 2.11. The predicted octanol–water partition coefficient (Wildman–Crippen LogP) is 1.48. The molecular weight excluding hydrogens is 226 g/mol. The fourth-order valence-electron chi connectivity index (χ4n) is 1.37. The third-order valence-corrected chi connectivity index (χ3v) is 4.11. The van der Waals surface area contributed by atoms with E-state index in [-0.39, 0.29) is 5.57 Å². The van der Waals surface area contributed by atoms with Crippen molar-refractivity contribution in [3.63, 3.8) is 0 Å². The molecule has 3 nitrogen and oxygen atoms in total. The highest BCUT2D eigenvalue weighted by Crippen LogP contribution is 2.34. The molecule has 1 aliphatic heterocycles. The van der Waals surface area contributed by atoms with E-state index in [1.54, 1.807) is 16.9 Å². The van der Waals surface area contributed by atoms with Crippen molar-refractivity contribution >= 4 is 27.3 Å². The normalized spacial score (nSPS) is 12.2. The third kappa shape index (κ3) is 1.61. The molecule has 0 unspecified atom stereocenters. The Hall–Kier alpha value is -1.43. The van der Waals surface area contributed by atoms with E-state index in [0.29, 0.717) is 5.22 Å². The molecule has 1 aliphatic rings. The molecule has 0 aliphatic carbocycles. The third-order valence-electron chi connectivity index (χ3n) is 2.13. The number of hydrogen-bond acceptors (Lipinski definition) is 5. The van der Waals surface area contributed by atoms with Crippen LogP contribution in [-0.2, 0) is 0 Å². The van der Waals surface area contributed by atoms with Gasteiger partial charge in [-0.3, -0.25) is 0 Å². The maximum Gasteiger partial charge on any atom is 0.137 e. The Bertz CT molecular complexity index is 604. The minimum absolute atomic E-state index is 0.160. The summed E-state index contributed by atoms with van der Waals surface area (Å²) in [6.45, 7) is 1.91. The average molecular weight is 231 g/mol. The minimum atomic E-state index is 0.160. The topological polar surface area (TPSA) is 59.9 Å². The predicted molar refractivity (Wildman–Crippen MR) is 60.0 cm³/mol. The van der Waals surface area contributed by atoms with Crippen LogP contribution in [0.25, 0.3) is 5.57 Å². The summed E-state index contributed by atoms with van der Waals surface area (Å²) in [4.78, 5) is 1.06. The van der Waals surface area contributed by atoms with Crippen molar-refractivity contribution in [3.8, 4) is 12.1 Å². The monoisotopic (exact) mass is 231 g/mol. The summed E-state index contributed by atoms with van der Waals surface area (Å²) in [5.41, 5.74) is 1.12. The summed E-state index contributed by atoms with van der Waals surface area (Å²) in [5, 5.41) is 19.3. The van der Waals surface area contributed by atoms with Crippen LogP contribution in [0.1, 0.15) is 5.56 Å². The van der Waals surface area contributed by atoms with Crippen molar-refractivity contribution < 1.29 is 0 Å². The molecule has 1 heterocycles. The van der Waals surface area contributed by atoms with Crippen LogP contribution < -0.4 is 10.6 Å². The standard InChI is InChI=1S/C10H5N3S2/c1-6-8(7(4-11)5-12)2-3-9-10(6)14-15-13-9/h2-3H,1H3. The smallest absolute Gasteiger partial charge is 0.137 e. The molecule has 1 aromatic rings. The van der Waals surface area contributed by atoms with Crippen LogP contribution in [0.2, 0.25) is 0 Å². The molecule has 0 atom stereocenters. The number of rotatable bonds is 0. The van der Waals surface area contributed by atoms with Gasteiger partial charge in [0.1, 0.15) is 17.7 Å². The first-order valence-electron chi connectivity index (χ1n) is 4.13. The maximum atomic E-state index is 8.81. The molecule has 2 rings (SSSR count). The minimum Gasteiger partial charge on any atom is -0.204 e. The van der Waals surface area contributed by atoms with Crippen LogP contribution >= 0.6 is 21.8 Å². The SMILES string of the molecule is Cc1c2c(ccc1=C(C#N)C#N)=NSS2. The number of hydrogen-bond donors (Lipinski definition) is 0. The van der Waals surface area contributed by atoms with Gasteiger partial charge >= 0.3 is 0 Å². The largest absolute Gasteiger partial charge is 0.204 e. The van der Waals surface area contributed by atoms with Crippen molar-refractivity contribution in [1.29, 1.82) is 10.5 Å². The van der Waals surface area contributed by atoms with Gasteiger partial charge < -0.3 is 0 Å². The fraction of sp³-hybridized carbons (Fsp3) is 0.100. The van der Waals surface area contributed by atoms with E-state index in [2.05, 4.69) is 4.40 Å². The second-order valence-corrected chi connectivity index (χ2v) is 4.79. The summed E-state index contributed by atoms with van der Waals surface area (Å²) >= 11 is 0. The lowest BCUT2D eigenvalue weighted by atomic mass is 10.1. The quantitative estimate of drug-likeness (QED) is 0.501. The van der Waals surface area contributed by atoms with Crippen molar-refractivity contribution in [3.05, 3.63) is 28.3 Å². The van der Waals surface area contributed by atoms with E-state index in [1.165, 1.54) is 11.0 Å². The van der Waals surface area contributed by atoms with E-state index < -0.39 is 0 Å². The first-order chi connectivity index (χ1) is 7.27. The average Bonchev–Trinajstić information content (AvgIpc) is 2.71. The maximum absolute atomic E-state index is 8.81. The molecule has 0 fully saturated rings. The molecule has 15 heavy (non-hydrogen) atoms. The second kappa shape index (κ2) is 3.98. The molecule has 72 valence electrons. The molecule has 0 saturated heterocycles. The molecule has 5 heteroatoms. The zero-order valence-electron chi connectivity index (χ0n) is 7.81. The van der Waals surface area contributed by atoms with Crippen molar-refractivity contribution in [1.82, 2.24) is 0 Å². The van der Waals surface area contributed by atoms with Crippen LogP contribution in [0.5, 0.6) is 0 Å². The highest BCUT2D eigenvalue weighted by molar-refractivity contribution is 8.76. The number of nitriles is 2. The van der Waals surface area contributed by atoms with E-state index >= 15 is 0 Å². The van der Waals surface area contributed by atoms with Crippen LogP contribution in [0.4, 0.5) is 0 Å². The molecule has 0 N–H and O–H groups in total. The van der Waals surface area contributed by atoms with Gasteiger partial charge in [0.15, 0.2) is 0 Å². The van der Waals surface area contributed by atoms with E-state index in [0.717, 1.165) is 15.8 Å². The van der Waals surface area contributed by atoms with Gasteiger partial charge in [0.2, 0.25) is 0 Å². The first kappa shape index (κ1) is 10.1. The van der Waals surface area contributed by atoms with E-state index in [9.17, 15) is 0 Å². The lowest BCUT2D eigenvalue weighted by molar-refractivity contribution is 1.19. The zero-order valence-corrected chi connectivity index (χ0v) is 9.45.